The Morgan fingerprint density at radius 2 is 1.47 bits per heavy atom. The van der Waals surface area contributed by atoms with Gasteiger partial charge in [-0.3, -0.25) is 39.0 Å². The lowest BCUT2D eigenvalue weighted by atomic mass is 9.96. The fraction of sp³-hybridized carbons (Fsp3) is 0.818. The number of hydrogen-bond donors (Lipinski definition) is 15. The second-order valence-electron chi connectivity index (χ2n) is 23.7. The maximum absolute atomic E-state index is 14.2. The van der Waals surface area contributed by atoms with Gasteiger partial charge in [0.1, 0.15) is 80.0 Å². The summed E-state index contributed by atoms with van der Waals surface area (Å²) in [4.78, 5) is 96.2. The minimum absolute atomic E-state index is 0.0279. The van der Waals surface area contributed by atoms with Gasteiger partial charge in [0.2, 0.25) is 11.8 Å². The number of methoxy groups -OCH3 is 1. The van der Waals surface area contributed by atoms with Gasteiger partial charge < -0.3 is 96.4 Å². The van der Waals surface area contributed by atoms with Crippen LogP contribution in [0.3, 0.4) is 0 Å². The maximum atomic E-state index is 14.2. The number of nitrogens with zero attached hydrogens (tertiary/aromatic N) is 3. The number of ether oxygens (including phenoxy) is 5. The molecule has 0 radical (unpaired) electrons. The van der Waals surface area contributed by atoms with Crippen molar-refractivity contribution in [1.82, 2.24) is 46.4 Å². The van der Waals surface area contributed by atoms with Crippen LogP contribution in [0.5, 0.6) is 0 Å². The van der Waals surface area contributed by atoms with Gasteiger partial charge in [-0.25, -0.2) is 14.4 Å². The van der Waals surface area contributed by atoms with Gasteiger partial charge in [-0.15, -0.1) is 0 Å². The topological polar surface area (TPSA) is 433 Å². The molecule has 5 heterocycles. The van der Waals surface area contributed by atoms with Gasteiger partial charge in [-0.05, 0) is 50.5 Å². The molecular weight excluding hydrogens is 1120 g/mol. The molecule has 5 rings (SSSR count). The van der Waals surface area contributed by atoms with Gasteiger partial charge in [0.25, 0.3) is 5.56 Å². The number of aliphatic carboxylic acids is 2. The minimum atomic E-state index is -1.92. The fourth-order valence-corrected chi connectivity index (χ4v) is 11.3. The highest BCUT2D eigenvalue weighted by Gasteiger charge is 2.55. The van der Waals surface area contributed by atoms with Crippen molar-refractivity contribution in [3.63, 3.8) is 0 Å². The first kappa shape index (κ1) is 70.4. The van der Waals surface area contributed by atoms with Crippen LogP contribution in [0.25, 0.3) is 0 Å². The summed E-state index contributed by atoms with van der Waals surface area (Å²) >= 11 is 0. The zero-order valence-electron chi connectivity index (χ0n) is 50.0. The standard InChI is InChI=1S/C55H96N12O18/c1-31(2)36(50(75)76)63-54(79)64-37(33-18-21-59-53(57)60-33)48(74)62-38(40(69)32(3)4)47(73)58-20-17-23-65(22-15-13-11-9-7-8-10-12-14-16-25-67(5)26-28-82-29-27-67)39(51(77)78)44(85-52-46(81-6)41(70)34(30-56)83-52)45-42(71)43(72)49(84-45)66-24-19-35(68)61-55(66)80/h19,24,31-34,36-46,49,52,69-72H,7-18,20-23,25-30,56H2,1-6H3,(H9-,57,58,59,60,61,62,63,64,68,73,74,75,76,77,78,79,80)/p+1/t33?,34-,36?,37?,38?,39?,40?,41+,42+,43-,44-,45+,46-,49-,52?/m1/s1. The lowest BCUT2D eigenvalue weighted by molar-refractivity contribution is -0.917. The number of aromatic amines is 1. The lowest BCUT2D eigenvalue weighted by Crippen LogP contribution is -2.67. The SMILES string of the molecule is CO[C@H]1C(O[C@H](C(C(=O)O)N(CCCCCCCCCCCC[N+]2(C)CCOCC2)CCCNC(=O)C(NC(=O)C(NC(=O)NC(C(=O)O)C(C)C)C2CCNC(=N)N2)C(O)C(C)C)[C@H]2O[C@@H](n3ccc(=O)[nH]c3=O)[C@H](O)[C@@H]2O)O[C@H](CN)[C@@H]1O. The van der Waals surface area contributed by atoms with Crippen LogP contribution in [0.2, 0.25) is 0 Å². The molecule has 1 aromatic heterocycles. The number of quaternary nitrogens is 1. The van der Waals surface area contributed by atoms with Gasteiger partial charge in [0, 0.05) is 45.6 Å². The first-order chi connectivity index (χ1) is 40.4. The molecule has 4 aliphatic heterocycles. The van der Waals surface area contributed by atoms with Gasteiger partial charge in [-0.1, -0.05) is 72.6 Å². The zero-order valence-corrected chi connectivity index (χ0v) is 50.0. The van der Waals surface area contributed by atoms with Crippen molar-refractivity contribution in [3.8, 4) is 0 Å². The second-order valence-corrected chi connectivity index (χ2v) is 23.7. The Morgan fingerprint density at radius 3 is 2.05 bits per heavy atom. The fourth-order valence-electron chi connectivity index (χ4n) is 11.3. The van der Waals surface area contributed by atoms with Crippen LogP contribution in [0, 0.1) is 17.2 Å². The van der Waals surface area contributed by atoms with Crippen LogP contribution < -0.4 is 48.9 Å². The van der Waals surface area contributed by atoms with Gasteiger partial charge in [0.05, 0.1) is 39.0 Å². The molecule has 30 heteroatoms. The molecule has 16 N–H and O–H groups in total. The monoisotopic (exact) mass is 1210 g/mol. The largest absolute Gasteiger partial charge is 0.480 e. The number of nitrogens with one attached hydrogen (secondary N) is 8. The number of carboxylic acids is 2. The van der Waals surface area contributed by atoms with E-state index in [9.17, 15) is 64.2 Å². The Morgan fingerprint density at radius 1 is 0.835 bits per heavy atom. The molecule has 0 aliphatic carbocycles. The molecule has 0 saturated carbocycles. The summed E-state index contributed by atoms with van der Waals surface area (Å²) < 4.78 is 31.5. The summed E-state index contributed by atoms with van der Waals surface area (Å²) in [5.41, 5.74) is 4.16. The van der Waals surface area contributed by atoms with E-state index < -0.39 is 144 Å². The average Bonchev–Trinajstić information content (AvgIpc) is 2.64. The van der Waals surface area contributed by atoms with Crippen molar-refractivity contribution >= 4 is 35.7 Å². The van der Waals surface area contributed by atoms with Gasteiger partial charge in [0.15, 0.2) is 18.5 Å². The van der Waals surface area contributed by atoms with E-state index in [2.05, 4.69) is 43.9 Å². The predicted molar refractivity (Wildman–Crippen MR) is 307 cm³/mol. The number of aliphatic hydroxyl groups excluding tert-OH is 4. The average molecular weight is 1210 g/mol. The highest BCUT2D eigenvalue weighted by Crippen LogP contribution is 2.36. The Hall–Kier alpha value is -5.38. The Kier molecular flexibility index (Phi) is 28.4. The van der Waals surface area contributed by atoms with E-state index in [0.29, 0.717) is 12.8 Å². The van der Waals surface area contributed by atoms with E-state index >= 15 is 0 Å². The molecule has 4 amide bonds. The van der Waals surface area contributed by atoms with Crippen LogP contribution in [-0.4, -0.2) is 250 Å². The van der Waals surface area contributed by atoms with Gasteiger partial charge in [-0.2, -0.15) is 0 Å². The third kappa shape index (κ3) is 20.3. The number of carbonyl (C=O) groups is 5. The summed E-state index contributed by atoms with van der Waals surface area (Å²) in [6.45, 7) is 11.1. The second kappa shape index (κ2) is 34.2. The van der Waals surface area contributed by atoms with E-state index in [1.54, 1.807) is 32.6 Å². The molecule has 0 aromatic carbocycles. The van der Waals surface area contributed by atoms with Crippen molar-refractivity contribution in [2.24, 2.45) is 17.6 Å². The molecule has 0 spiro atoms. The molecule has 4 saturated heterocycles. The van der Waals surface area contributed by atoms with E-state index in [1.807, 2.05) is 0 Å². The molecule has 85 heavy (non-hydrogen) atoms. The Balaban J connectivity index is 1.35. The summed E-state index contributed by atoms with van der Waals surface area (Å²) in [6, 6.07) is -7.12. The number of H-pyrrole nitrogens is 1. The number of carboxylic acid groups (broad SMARTS) is 2. The maximum Gasteiger partial charge on any atom is 0.330 e. The number of amides is 4. The van der Waals surface area contributed by atoms with Crippen LogP contribution in [-0.2, 0) is 42.9 Å². The van der Waals surface area contributed by atoms with E-state index in [-0.39, 0.29) is 51.5 Å². The van der Waals surface area contributed by atoms with Crippen molar-refractivity contribution < 1.29 is 82.8 Å². The van der Waals surface area contributed by atoms with Crippen LogP contribution >= 0.6 is 0 Å². The third-order valence-electron chi connectivity index (χ3n) is 16.5. The highest BCUT2D eigenvalue weighted by atomic mass is 16.7. The molecule has 30 nitrogen and oxygen atoms in total. The van der Waals surface area contributed by atoms with E-state index in [4.69, 9.17) is 34.8 Å². The summed E-state index contributed by atoms with van der Waals surface area (Å²) in [5.74, 6) is -5.88. The number of morpholine rings is 1. The normalized spacial score (nSPS) is 26.2. The van der Waals surface area contributed by atoms with Gasteiger partial charge >= 0.3 is 23.7 Å². The third-order valence-corrected chi connectivity index (χ3v) is 16.5. The van der Waals surface area contributed by atoms with Crippen molar-refractivity contribution in [2.45, 2.75) is 196 Å². The number of unbranched alkanes of at least 4 members (excludes halogenated alkanes) is 9. The zero-order chi connectivity index (χ0) is 62.5. The number of nitrogens with two attached hydrogens (primary N) is 1. The van der Waals surface area contributed by atoms with Crippen LogP contribution in [0.4, 0.5) is 4.79 Å². The number of aliphatic hydroxyl groups is 4. The van der Waals surface area contributed by atoms with E-state index in [1.165, 1.54) is 20.0 Å². The smallest absolute Gasteiger partial charge is 0.330 e. The van der Waals surface area contributed by atoms with Crippen LogP contribution in [0.1, 0.15) is 111 Å². The first-order valence-electron chi connectivity index (χ1n) is 30.0. The lowest BCUT2D eigenvalue weighted by Gasteiger charge is -2.39. The van der Waals surface area contributed by atoms with Crippen LogP contribution in [0.15, 0.2) is 21.9 Å². The molecule has 15 atom stereocenters. The summed E-state index contributed by atoms with van der Waals surface area (Å²) in [6.07, 6.45) is -4.67. The number of rotatable bonds is 36. The van der Waals surface area contributed by atoms with Crippen molar-refractivity contribution in [1.29, 1.82) is 5.41 Å². The first-order valence-corrected chi connectivity index (χ1v) is 30.0. The number of aromatic nitrogens is 2. The number of hydrogen-bond acceptors (Lipinski definition) is 19. The molecular formula is C55H97N12O18+. The number of carbonyl (C=O) groups excluding carboxylic acids is 3. The molecule has 1 aromatic rings. The van der Waals surface area contributed by atoms with Crippen molar-refractivity contribution in [3.05, 3.63) is 33.1 Å². The quantitative estimate of drug-likeness (QED) is 0.0242. The summed E-state index contributed by atoms with van der Waals surface area (Å²) in [7, 11) is 3.56. The molecule has 4 fully saturated rings. The van der Waals surface area contributed by atoms with E-state index in [0.717, 1.165) is 92.7 Å². The molecule has 0 bridgehead atoms. The number of guanidine groups is 1. The minimum Gasteiger partial charge on any atom is -0.480 e. The molecule has 484 valence electrons. The predicted octanol–water partition coefficient (Wildman–Crippen LogP) is -2.60. The van der Waals surface area contributed by atoms with Crippen molar-refractivity contribution in [2.75, 3.05) is 79.7 Å². The number of urea groups is 1. The Labute approximate surface area is 495 Å². The highest BCUT2D eigenvalue weighted by molar-refractivity contribution is 5.94. The Bertz CT molecular complexity index is 2410. The molecule has 7 unspecified atom stereocenters. The summed E-state index contributed by atoms with van der Waals surface area (Å²) in [5, 5.41) is 90.6. The number of likely N-dealkylation sites (N-methyl/N-ethyl adjacent to an activating group) is 1. The molecule has 4 aliphatic rings.